The first-order chi connectivity index (χ1) is 12.1. The third kappa shape index (κ3) is 4.06. The lowest BCUT2D eigenvalue weighted by Crippen LogP contribution is -2.26. The average Bonchev–Trinajstić information content (AvgIpc) is 3.10. The van der Waals surface area contributed by atoms with Crippen molar-refractivity contribution in [3.63, 3.8) is 0 Å². The Hall–Kier alpha value is -2.67. The van der Waals surface area contributed by atoms with Crippen molar-refractivity contribution in [3.05, 3.63) is 64.5 Å². The Morgan fingerprint density at radius 2 is 1.84 bits per heavy atom. The number of hydrogen-bond donors (Lipinski definition) is 0. The highest BCUT2D eigenvalue weighted by Crippen LogP contribution is 2.20. The van der Waals surface area contributed by atoms with Gasteiger partial charge in [-0.05, 0) is 48.5 Å². The molecule has 0 unspecified atom stereocenters. The second kappa shape index (κ2) is 7.48. The average molecular weight is 402 g/mol. The molecule has 0 bridgehead atoms. The fourth-order valence-electron chi connectivity index (χ4n) is 2.26. The van der Waals surface area contributed by atoms with Crippen LogP contribution in [0.25, 0.3) is 11.4 Å². The van der Waals surface area contributed by atoms with Crippen molar-refractivity contribution in [2.45, 2.75) is 6.54 Å². The standard InChI is InChI=1S/C18H16BrN3O3/c1-22(18(23)13-3-7-14(19)8-4-13)11-16-20-17(21-25-16)12-5-9-15(24-2)10-6-12/h3-10H,11H2,1-2H3. The summed E-state index contributed by atoms with van der Waals surface area (Å²) in [6, 6.07) is 14.5. The molecule has 128 valence electrons. The molecule has 2 aromatic carbocycles. The molecular formula is C18H16BrN3O3. The number of benzene rings is 2. The predicted octanol–water partition coefficient (Wildman–Crippen LogP) is 3.78. The number of nitrogens with zero attached hydrogens (tertiary/aromatic N) is 3. The molecule has 6 nitrogen and oxygen atoms in total. The summed E-state index contributed by atoms with van der Waals surface area (Å²) in [6.07, 6.45) is 0. The van der Waals surface area contributed by atoms with Crippen LogP contribution in [0.5, 0.6) is 5.75 Å². The van der Waals surface area contributed by atoms with Gasteiger partial charge in [0.2, 0.25) is 11.7 Å². The number of halogens is 1. The fourth-order valence-corrected chi connectivity index (χ4v) is 2.53. The van der Waals surface area contributed by atoms with Crippen molar-refractivity contribution in [1.82, 2.24) is 15.0 Å². The molecule has 25 heavy (non-hydrogen) atoms. The molecule has 1 amide bonds. The minimum Gasteiger partial charge on any atom is -0.497 e. The minimum atomic E-state index is -0.114. The Morgan fingerprint density at radius 3 is 2.48 bits per heavy atom. The van der Waals surface area contributed by atoms with Crippen LogP contribution < -0.4 is 4.74 Å². The quantitative estimate of drug-likeness (QED) is 0.650. The first-order valence-electron chi connectivity index (χ1n) is 7.55. The number of aromatic nitrogens is 2. The van der Waals surface area contributed by atoms with E-state index in [2.05, 4.69) is 26.1 Å². The lowest BCUT2D eigenvalue weighted by Gasteiger charge is -2.14. The molecule has 3 aromatic rings. The molecule has 0 radical (unpaired) electrons. The molecule has 0 spiro atoms. The van der Waals surface area contributed by atoms with Crippen molar-refractivity contribution in [1.29, 1.82) is 0 Å². The van der Waals surface area contributed by atoms with Crippen molar-refractivity contribution in [2.75, 3.05) is 14.2 Å². The second-order valence-electron chi connectivity index (χ2n) is 5.41. The summed E-state index contributed by atoms with van der Waals surface area (Å²) in [7, 11) is 3.31. The van der Waals surface area contributed by atoms with Gasteiger partial charge in [0.25, 0.3) is 5.91 Å². The molecule has 0 saturated carbocycles. The highest BCUT2D eigenvalue weighted by molar-refractivity contribution is 9.10. The smallest absolute Gasteiger partial charge is 0.254 e. The zero-order valence-corrected chi connectivity index (χ0v) is 15.4. The summed E-state index contributed by atoms with van der Waals surface area (Å²) in [5.41, 5.74) is 1.42. The van der Waals surface area contributed by atoms with Gasteiger partial charge in [-0.1, -0.05) is 21.1 Å². The van der Waals surface area contributed by atoms with Crippen LogP contribution in [0.3, 0.4) is 0 Å². The minimum absolute atomic E-state index is 0.114. The maximum atomic E-state index is 12.4. The SMILES string of the molecule is COc1ccc(-c2noc(CN(C)C(=O)c3ccc(Br)cc3)n2)cc1. The largest absolute Gasteiger partial charge is 0.497 e. The molecule has 0 aliphatic rings. The first-order valence-corrected chi connectivity index (χ1v) is 8.34. The summed E-state index contributed by atoms with van der Waals surface area (Å²) in [5, 5.41) is 3.97. The molecule has 1 aromatic heterocycles. The summed E-state index contributed by atoms with van der Waals surface area (Å²) in [4.78, 5) is 18.3. The summed E-state index contributed by atoms with van der Waals surface area (Å²) >= 11 is 3.35. The van der Waals surface area contributed by atoms with E-state index in [-0.39, 0.29) is 12.5 Å². The van der Waals surface area contributed by atoms with Crippen LogP contribution in [-0.2, 0) is 6.54 Å². The molecular weight excluding hydrogens is 386 g/mol. The Labute approximate surface area is 153 Å². The van der Waals surface area contributed by atoms with E-state index in [0.717, 1.165) is 15.8 Å². The Balaban J connectivity index is 1.69. The van der Waals surface area contributed by atoms with Gasteiger partial charge in [-0.15, -0.1) is 0 Å². The Morgan fingerprint density at radius 1 is 1.16 bits per heavy atom. The zero-order valence-electron chi connectivity index (χ0n) is 13.8. The number of methoxy groups -OCH3 is 1. The predicted molar refractivity (Wildman–Crippen MR) is 96.2 cm³/mol. The van der Waals surface area contributed by atoms with Gasteiger partial charge >= 0.3 is 0 Å². The lowest BCUT2D eigenvalue weighted by atomic mass is 10.2. The molecule has 7 heteroatoms. The van der Waals surface area contributed by atoms with Gasteiger partial charge in [-0.3, -0.25) is 4.79 Å². The molecule has 0 atom stereocenters. The van der Waals surface area contributed by atoms with Crippen molar-refractivity contribution in [2.24, 2.45) is 0 Å². The van der Waals surface area contributed by atoms with Crippen LogP contribution in [0.15, 0.2) is 57.5 Å². The third-order valence-electron chi connectivity index (χ3n) is 3.63. The molecule has 0 aliphatic heterocycles. The molecule has 0 fully saturated rings. The Kier molecular flexibility index (Phi) is 5.14. The number of amides is 1. The van der Waals surface area contributed by atoms with Gasteiger partial charge in [0, 0.05) is 22.6 Å². The first kappa shape index (κ1) is 17.2. The van der Waals surface area contributed by atoms with E-state index in [4.69, 9.17) is 9.26 Å². The molecule has 0 saturated heterocycles. The molecule has 0 N–H and O–H groups in total. The fraction of sp³-hybridized carbons (Fsp3) is 0.167. The number of ether oxygens (including phenoxy) is 1. The lowest BCUT2D eigenvalue weighted by molar-refractivity contribution is 0.0769. The van der Waals surface area contributed by atoms with Gasteiger partial charge in [0.1, 0.15) is 5.75 Å². The monoisotopic (exact) mass is 401 g/mol. The van der Waals surface area contributed by atoms with Crippen LogP contribution in [-0.4, -0.2) is 35.1 Å². The highest BCUT2D eigenvalue weighted by Gasteiger charge is 2.16. The van der Waals surface area contributed by atoms with Crippen LogP contribution in [0.2, 0.25) is 0 Å². The highest BCUT2D eigenvalue weighted by atomic mass is 79.9. The van der Waals surface area contributed by atoms with Gasteiger partial charge in [-0.2, -0.15) is 4.98 Å². The van der Waals surface area contributed by atoms with E-state index < -0.39 is 0 Å². The van der Waals surface area contributed by atoms with Crippen LogP contribution in [0.4, 0.5) is 0 Å². The van der Waals surface area contributed by atoms with Gasteiger partial charge in [0.05, 0.1) is 13.7 Å². The van der Waals surface area contributed by atoms with E-state index in [1.807, 2.05) is 36.4 Å². The number of carbonyl (C=O) groups excluding carboxylic acids is 1. The maximum Gasteiger partial charge on any atom is 0.254 e. The number of rotatable bonds is 5. The van der Waals surface area contributed by atoms with E-state index in [9.17, 15) is 4.79 Å². The normalized spacial score (nSPS) is 10.5. The maximum absolute atomic E-state index is 12.4. The van der Waals surface area contributed by atoms with Crippen molar-refractivity contribution < 1.29 is 14.1 Å². The Bertz CT molecular complexity index is 860. The topological polar surface area (TPSA) is 68.5 Å². The van der Waals surface area contributed by atoms with E-state index in [1.54, 1.807) is 26.3 Å². The molecule has 1 heterocycles. The van der Waals surface area contributed by atoms with Crippen molar-refractivity contribution in [3.8, 4) is 17.1 Å². The van der Waals surface area contributed by atoms with Crippen LogP contribution >= 0.6 is 15.9 Å². The van der Waals surface area contributed by atoms with Crippen LogP contribution in [0.1, 0.15) is 16.2 Å². The van der Waals surface area contributed by atoms with Crippen molar-refractivity contribution >= 4 is 21.8 Å². The van der Waals surface area contributed by atoms with Gasteiger partial charge in [0.15, 0.2) is 0 Å². The third-order valence-corrected chi connectivity index (χ3v) is 4.16. The van der Waals surface area contributed by atoms with Gasteiger partial charge in [-0.25, -0.2) is 0 Å². The molecule has 3 rings (SSSR count). The second-order valence-corrected chi connectivity index (χ2v) is 6.32. The summed E-state index contributed by atoms with van der Waals surface area (Å²) in [6.45, 7) is 0.234. The zero-order chi connectivity index (χ0) is 17.8. The summed E-state index contributed by atoms with van der Waals surface area (Å²) in [5.74, 6) is 1.49. The molecule has 0 aliphatic carbocycles. The number of carbonyl (C=O) groups is 1. The summed E-state index contributed by atoms with van der Waals surface area (Å²) < 4.78 is 11.3. The van der Waals surface area contributed by atoms with Crippen LogP contribution in [0, 0.1) is 0 Å². The van der Waals surface area contributed by atoms with E-state index >= 15 is 0 Å². The van der Waals surface area contributed by atoms with E-state index in [1.165, 1.54) is 4.90 Å². The van der Waals surface area contributed by atoms with E-state index in [0.29, 0.717) is 17.3 Å². The number of hydrogen-bond acceptors (Lipinski definition) is 5. The van der Waals surface area contributed by atoms with Gasteiger partial charge < -0.3 is 14.2 Å².